The van der Waals surface area contributed by atoms with E-state index in [2.05, 4.69) is 45.7 Å². The number of aryl methyl sites for hydroxylation is 2. The van der Waals surface area contributed by atoms with Crippen LogP contribution >= 0.6 is 0 Å². The van der Waals surface area contributed by atoms with Gasteiger partial charge in [-0.25, -0.2) is 4.98 Å². The Morgan fingerprint density at radius 2 is 2.06 bits per heavy atom. The standard InChI is InChI=1S/C13H18N4/c1-17-11-15-13(16-17)10-14-9-5-8-12-6-3-2-4-7-12/h2-4,6-7,11,14H,5,8-10H2,1H3. The summed E-state index contributed by atoms with van der Waals surface area (Å²) in [7, 11) is 1.88. The van der Waals surface area contributed by atoms with E-state index in [1.165, 1.54) is 5.56 Å². The third kappa shape index (κ3) is 4.00. The van der Waals surface area contributed by atoms with Crippen molar-refractivity contribution < 1.29 is 0 Å². The molecule has 1 heterocycles. The lowest BCUT2D eigenvalue weighted by atomic mass is 10.1. The third-order valence-electron chi connectivity index (χ3n) is 2.59. The molecule has 0 aliphatic heterocycles. The molecular formula is C13H18N4. The molecule has 0 spiro atoms. The molecule has 2 rings (SSSR count). The molecule has 0 fully saturated rings. The van der Waals surface area contributed by atoms with Crippen molar-refractivity contribution in [2.75, 3.05) is 6.54 Å². The van der Waals surface area contributed by atoms with Crippen LogP contribution in [0.15, 0.2) is 36.7 Å². The van der Waals surface area contributed by atoms with E-state index in [0.717, 1.165) is 31.8 Å². The Morgan fingerprint density at radius 3 is 2.76 bits per heavy atom. The Bertz CT molecular complexity index is 436. The van der Waals surface area contributed by atoms with Crippen molar-refractivity contribution in [3.63, 3.8) is 0 Å². The molecule has 0 unspecified atom stereocenters. The first-order chi connectivity index (χ1) is 8.34. The summed E-state index contributed by atoms with van der Waals surface area (Å²) in [5.41, 5.74) is 1.39. The van der Waals surface area contributed by atoms with Crippen LogP contribution in [0.1, 0.15) is 17.8 Å². The van der Waals surface area contributed by atoms with Crippen LogP contribution < -0.4 is 5.32 Å². The Hall–Kier alpha value is -1.68. The Morgan fingerprint density at radius 1 is 1.24 bits per heavy atom. The molecule has 0 aliphatic rings. The van der Waals surface area contributed by atoms with Gasteiger partial charge in [0.15, 0.2) is 5.82 Å². The van der Waals surface area contributed by atoms with Crippen LogP contribution in [0.2, 0.25) is 0 Å². The maximum Gasteiger partial charge on any atom is 0.164 e. The quantitative estimate of drug-likeness (QED) is 0.765. The van der Waals surface area contributed by atoms with Crippen molar-refractivity contribution in [1.29, 1.82) is 0 Å². The number of aromatic nitrogens is 3. The molecule has 0 amide bonds. The van der Waals surface area contributed by atoms with Gasteiger partial charge in [0.25, 0.3) is 0 Å². The molecule has 1 aromatic heterocycles. The van der Waals surface area contributed by atoms with E-state index in [0.29, 0.717) is 0 Å². The highest BCUT2D eigenvalue weighted by Gasteiger charge is 1.97. The van der Waals surface area contributed by atoms with Gasteiger partial charge in [0.1, 0.15) is 6.33 Å². The number of benzene rings is 1. The number of rotatable bonds is 6. The summed E-state index contributed by atoms with van der Waals surface area (Å²) in [6, 6.07) is 10.6. The zero-order chi connectivity index (χ0) is 11.9. The van der Waals surface area contributed by atoms with Crippen LogP contribution in [0, 0.1) is 0 Å². The van der Waals surface area contributed by atoms with Crippen molar-refractivity contribution >= 4 is 0 Å². The normalized spacial score (nSPS) is 10.6. The summed E-state index contributed by atoms with van der Waals surface area (Å²) in [5, 5.41) is 7.56. The first-order valence-electron chi connectivity index (χ1n) is 5.94. The molecule has 4 nitrogen and oxygen atoms in total. The van der Waals surface area contributed by atoms with Crippen LogP contribution in [-0.2, 0) is 20.0 Å². The van der Waals surface area contributed by atoms with E-state index in [1.807, 2.05) is 7.05 Å². The first kappa shape index (κ1) is 11.8. The molecule has 0 aliphatic carbocycles. The molecule has 4 heteroatoms. The third-order valence-corrected chi connectivity index (χ3v) is 2.59. The van der Waals surface area contributed by atoms with Gasteiger partial charge in [-0.1, -0.05) is 30.3 Å². The predicted octanol–water partition coefficient (Wildman–Crippen LogP) is 1.54. The summed E-state index contributed by atoms with van der Waals surface area (Å²) in [6.45, 7) is 1.74. The van der Waals surface area contributed by atoms with Crippen molar-refractivity contribution in [2.45, 2.75) is 19.4 Å². The van der Waals surface area contributed by atoms with E-state index >= 15 is 0 Å². The molecule has 2 aromatic rings. The first-order valence-corrected chi connectivity index (χ1v) is 5.94. The number of nitrogens with one attached hydrogen (secondary N) is 1. The summed E-state index contributed by atoms with van der Waals surface area (Å²) in [4.78, 5) is 4.16. The highest BCUT2D eigenvalue weighted by atomic mass is 15.3. The van der Waals surface area contributed by atoms with Crippen molar-refractivity contribution in [2.24, 2.45) is 7.05 Å². The minimum absolute atomic E-state index is 0.746. The molecule has 0 radical (unpaired) electrons. The van der Waals surface area contributed by atoms with Gasteiger partial charge < -0.3 is 5.32 Å². The van der Waals surface area contributed by atoms with E-state index in [-0.39, 0.29) is 0 Å². The van der Waals surface area contributed by atoms with Gasteiger partial charge >= 0.3 is 0 Å². The second-order valence-corrected chi connectivity index (χ2v) is 4.10. The molecule has 1 N–H and O–H groups in total. The minimum atomic E-state index is 0.746. The van der Waals surface area contributed by atoms with E-state index in [1.54, 1.807) is 11.0 Å². The highest BCUT2D eigenvalue weighted by Crippen LogP contribution is 2.01. The maximum absolute atomic E-state index is 4.21. The van der Waals surface area contributed by atoms with Crippen molar-refractivity contribution in [3.8, 4) is 0 Å². The van der Waals surface area contributed by atoms with Crippen LogP contribution in [0.4, 0.5) is 0 Å². The lowest BCUT2D eigenvalue weighted by molar-refractivity contribution is 0.622. The van der Waals surface area contributed by atoms with Crippen molar-refractivity contribution in [3.05, 3.63) is 48.0 Å². The zero-order valence-electron chi connectivity index (χ0n) is 10.1. The Kier molecular flexibility index (Phi) is 4.27. The largest absolute Gasteiger partial charge is 0.310 e. The summed E-state index contributed by atoms with van der Waals surface area (Å²) < 4.78 is 1.72. The fraction of sp³-hybridized carbons (Fsp3) is 0.385. The fourth-order valence-electron chi connectivity index (χ4n) is 1.73. The summed E-state index contributed by atoms with van der Waals surface area (Å²) in [5.74, 6) is 0.854. The molecule has 0 atom stereocenters. The highest BCUT2D eigenvalue weighted by molar-refractivity contribution is 5.14. The van der Waals surface area contributed by atoms with Crippen LogP contribution in [0.25, 0.3) is 0 Å². The van der Waals surface area contributed by atoms with Crippen LogP contribution in [-0.4, -0.2) is 21.3 Å². The predicted molar refractivity (Wildman–Crippen MR) is 67.5 cm³/mol. The molecule has 0 saturated heterocycles. The van der Waals surface area contributed by atoms with Gasteiger partial charge in [0.2, 0.25) is 0 Å². The molecule has 17 heavy (non-hydrogen) atoms. The van der Waals surface area contributed by atoms with E-state index in [9.17, 15) is 0 Å². The second kappa shape index (κ2) is 6.15. The minimum Gasteiger partial charge on any atom is -0.310 e. The van der Waals surface area contributed by atoms with Gasteiger partial charge in [-0.2, -0.15) is 5.10 Å². The number of nitrogens with zero attached hydrogens (tertiary/aromatic N) is 3. The Balaban J connectivity index is 1.61. The number of hydrogen-bond donors (Lipinski definition) is 1. The zero-order valence-corrected chi connectivity index (χ0v) is 10.1. The maximum atomic E-state index is 4.21. The van der Waals surface area contributed by atoms with Gasteiger partial charge in [0.05, 0.1) is 6.54 Å². The van der Waals surface area contributed by atoms with Crippen molar-refractivity contribution in [1.82, 2.24) is 20.1 Å². The molecular weight excluding hydrogens is 212 g/mol. The lowest BCUT2D eigenvalue weighted by Gasteiger charge is -2.02. The molecule has 0 bridgehead atoms. The van der Waals surface area contributed by atoms with Gasteiger partial charge in [-0.3, -0.25) is 4.68 Å². The number of hydrogen-bond acceptors (Lipinski definition) is 3. The Labute approximate surface area is 102 Å². The van der Waals surface area contributed by atoms with E-state index < -0.39 is 0 Å². The smallest absolute Gasteiger partial charge is 0.164 e. The average molecular weight is 230 g/mol. The average Bonchev–Trinajstić information content (AvgIpc) is 2.76. The molecule has 0 saturated carbocycles. The van der Waals surface area contributed by atoms with Gasteiger partial charge in [0, 0.05) is 7.05 Å². The summed E-state index contributed by atoms with van der Waals surface area (Å²) >= 11 is 0. The SMILES string of the molecule is Cn1cnc(CNCCCc2ccccc2)n1. The van der Waals surface area contributed by atoms with Crippen LogP contribution in [0.3, 0.4) is 0 Å². The lowest BCUT2D eigenvalue weighted by Crippen LogP contribution is -2.16. The fourth-order valence-corrected chi connectivity index (χ4v) is 1.73. The van der Waals surface area contributed by atoms with Gasteiger partial charge in [-0.15, -0.1) is 0 Å². The topological polar surface area (TPSA) is 42.7 Å². The van der Waals surface area contributed by atoms with Crippen LogP contribution in [0.5, 0.6) is 0 Å². The van der Waals surface area contributed by atoms with Gasteiger partial charge in [-0.05, 0) is 24.9 Å². The monoisotopic (exact) mass is 230 g/mol. The molecule has 90 valence electrons. The summed E-state index contributed by atoms with van der Waals surface area (Å²) in [6.07, 6.45) is 3.97. The molecule has 1 aromatic carbocycles. The van der Waals surface area contributed by atoms with E-state index in [4.69, 9.17) is 0 Å². The second-order valence-electron chi connectivity index (χ2n) is 4.10.